The number of hydrogen-bond donors (Lipinski definition) is 1. The largest absolute Gasteiger partial charge is 0.390 e. The summed E-state index contributed by atoms with van der Waals surface area (Å²) in [6, 6.07) is 0. The molecule has 1 nitrogen and oxygen atoms in total. The Kier molecular flexibility index (Phi) is 3.52. The van der Waals surface area contributed by atoms with Crippen molar-refractivity contribution < 1.29 is 5.11 Å². The minimum absolute atomic E-state index is 0.178. The molecule has 0 bridgehead atoms. The van der Waals surface area contributed by atoms with Gasteiger partial charge in [0, 0.05) is 5.92 Å². The summed E-state index contributed by atoms with van der Waals surface area (Å²) in [6.07, 6.45) is 2.82. The Morgan fingerprint density at radius 2 is 1.67 bits per heavy atom. The lowest BCUT2D eigenvalue weighted by Gasteiger charge is -2.32. The van der Waals surface area contributed by atoms with Crippen molar-refractivity contribution >= 4 is 0 Å². The van der Waals surface area contributed by atoms with E-state index >= 15 is 0 Å². The predicted molar refractivity (Wildman–Crippen MR) is 54.1 cm³/mol. The first kappa shape index (κ1) is 11.7. The molecular formula is C11H22O. The van der Waals surface area contributed by atoms with E-state index in [0.29, 0.717) is 0 Å². The van der Waals surface area contributed by atoms with Gasteiger partial charge >= 0.3 is 0 Å². The Bertz CT molecular complexity index is 145. The zero-order valence-electron chi connectivity index (χ0n) is 9.02. The van der Waals surface area contributed by atoms with Crippen molar-refractivity contribution in [3.63, 3.8) is 0 Å². The van der Waals surface area contributed by atoms with Crippen molar-refractivity contribution in [1.82, 2.24) is 0 Å². The smallest absolute Gasteiger partial charge is 0.0654 e. The molecule has 0 amide bonds. The molecule has 0 aliphatic carbocycles. The minimum atomic E-state index is -0.644. The molecule has 0 spiro atoms. The van der Waals surface area contributed by atoms with E-state index < -0.39 is 5.60 Å². The van der Waals surface area contributed by atoms with Crippen molar-refractivity contribution in [1.29, 1.82) is 0 Å². The first-order valence-electron chi connectivity index (χ1n) is 4.52. The quantitative estimate of drug-likeness (QED) is 0.646. The molecule has 1 atom stereocenters. The van der Waals surface area contributed by atoms with Crippen molar-refractivity contribution in [3.8, 4) is 0 Å². The Hall–Kier alpha value is -0.300. The van der Waals surface area contributed by atoms with Gasteiger partial charge in [0.2, 0.25) is 0 Å². The van der Waals surface area contributed by atoms with Crippen LogP contribution in [0.4, 0.5) is 0 Å². The van der Waals surface area contributed by atoms with Gasteiger partial charge in [0.05, 0.1) is 5.60 Å². The van der Waals surface area contributed by atoms with E-state index in [-0.39, 0.29) is 11.3 Å². The van der Waals surface area contributed by atoms with Crippen LogP contribution in [0.25, 0.3) is 0 Å². The number of aliphatic hydroxyl groups is 1. The second-order valence-electron chi connectivity index (χ2n) is 5.26. The Labute approximate surface area is 76.5 Å². The van der Waals surface area contributed by atoms with E-state index in [0.717, 1.165) is 6.42 Å². The zero-order chi connectivity index (χ0) is 9.99. The SMILES string of the molecule is C=C[C@H](CC(C)(C)C)C(C)(C)O. The second kappa shape index (κ2) is 3.61. The number of hydrogen-bond acceptors (Lipinski definition) is 1. The third-order valence-electron chi connectivity index (χ3n) is 2.02. The first-order valence-corrected chi connectivity index (χ1v) is 4.52. The van der Waals surface area contributed by atoms with Gasteiger partial charge in [0.25, 0.3) is 0 Å². The van der Waals surface area contributed by atoms with Gasteiger partial charge in [-0.1, -0.05) is 26.8 Å². The molecule has 0 unspecified atom stereocenters. The van der Waals surface area contributed by atoms with Crippen LogP contribution in [0.3, 0.4) is 0 Å². The monoisotopic (exact) mass is 170 g/mol. The summed E-state index contributed by atoms with van der Waals surface area (Å²) in [5.41, 5.74) is -0.395. The van der Waals surface area contributed by atoms with Crippen molar-refractivity contribution in [3.05, 3.63) is 12.7 Å². The standard InChI is InChI=1S/C11H22O/c1-7-9(11(5,6)12)8-10(2,3)4/h7,9,12H,1,8H2,2-6H3/t9-/m1/s1. The fourth-order valence-corrected chi connectivity index (χ4v) is 1.28. The molecule has 1 heteroatoms. The van der Waals surface area contributed by atoms with Gasteiger partial charge in [-0.15, -0.1) is 6.58 Å². The molecule has 0 radical (unpaired) electrons. The average molecular weight is 170 g/mol. The molecule has 0 heterocycles. The van der Waals surface area contributed by atoms with Crippen LogP contribution in [0.5, 0.6) is 0 Å². The molecule has 1 N–H and O–H groups in total. The summed E-state index contributed by atoms with van der Waals surface area (Å²) in [5.74, 6) is 0.178. The highest BCUT2D eigenvalue weighted by atomic mass is 16.3. The van der Waals surface area contributed by atoms with E-state index in [9.17, 15) is 5.11 Å². The Morgan fingerprint density at radius 1 is 1.25 bits per heavy atom. The van der Waals surface area contributed by atoms with Crippen LogP contribution >= 0.6 is 0 Å². The molecule has 12 heavy (non-hydrogen) atoms. The van der Waals surface area contributed by atoms with Crippen molar-refractivity contribution in [2.45, 2.75) is 46.6 Å². The molecule has 0 rings (SSSR count). The maximum absolute atomic E-state index is 9.77. The van der Waals surface area contributed by atoms with Crippen LogP contribution < -0.4 is 0 Å². The molecule has 0 aliphatic rings. The molecule has 0 aliphatic heterocycles. The van der Waals surface area contributed by atoms with E-state index in [4.69, 9.17) is 0 Å². The van der Waals surface area contributed by atoms with Gasteiger partial charge in [0.15, 0.2) is 0 Å². The minimum Gasteiger partial charge on any atom is -0.390 e. The third kappa shape index (κ3) is 4.55. The topological polar surface area (TPSA) is 20.2 Å². The summed E-state index contributed by atoms with van der Waals surface area (Å²) >= 11 is 0. The van der Waals surface area contributed by atoms with Crippen molar-refractivity contribution in [2.24, 2.45) is 11.3 Å². The Morgan fingerprint density at radius 3 is 1.75 bits per heavy atom. The highest BCUT2D eigenvalue weighted by molar-refractivity contribution is 4.92. The summed E-state index contributed by atoms with van der Waals surface area (Å²) < 4.78 is 0. The highest BCUT2D eigenvalue weighted by Crippen LogP contribution is 2.31. The van der Waals surface area contributed by atoms with Crippen LogP contribution in [0.15, 0.2) is 12.7 Å². The van der Waals surface area contributed by atoms with Crippen molar-refractivity contribution in [2.75, 3.05) is 0 Å². The van der Waals surface area contributed by atoms with Crippen LogP contribution in [0.1, 0.15) is 41.0 Å². The molecule has 72 valence electrons. The van der Waals surface area contributed by atoms with Gasteiger partial charge < -0.3 is 5.11 Å². The Balaban J connectivity index is 4.30. The van der Waals surface area contributed by atoms with E-state index in [2.05, 4.69) is 27.4 Å². The fraction of sp³-hybridized carbons (Fsp3) is 0.818. The fourth-order valence-electron chi connectivity index (χ4n) is 1.28. The van der Waals surface area contributed by atoms with Gasteiger partial charge in [-0.05, 0) is 25.7 Å². The molecule has 0 saturated carbocycles. The average Bonchev–Trinajstić information content (AvgIpc) is 1.78. The van der Waals surface area contributed by atoms with Gasteiger partial charge in [-0.3, -0.25) is 0 Å². The molecular weight excluding hydrogens is 148 g/mol. The van der Waals surface area contributed by atoms with Gasteiger partial charge in [-0.25, -0.2) is 0 Å². The summed E-state index contributed by atoms with van der Waals surface area (Å²) in [6.45, 7) is 14.0. The third-order valence-corrected chi connectivity index (χ3v) is 2.02. The summed E-state index contributed by atoms with van der Waals surface area (Å²) in [5, 5.41) is 9.77. The second-order valence-corrected chi connectivity index (χ2v) is 5.26. The lowest BCUT2D eigenvalue weighted by Crippen LogP contribution is -2.32. The molecule has 0 aromatic rings. The predicted octanol–water partition coefficient (Wildman–Crippen LogP) is 3.00. The highest BCUT2D eigenvalue weighted by Gasteiger charge is 2.27. The summed E-state index contributed by atoms with van der Waals surface area (Å²) in [4.78, 5) is 0. The molecule has 0 aromatic carbocycles. The van der Waals surface area contributed by atoms with Gasteiger partial charge in [0.1, 0.15) is 0 Å². The van der Waals surface area contributed by atoms with E-state index in [1.807, 2.05) is 19.9 Å². The van der Waals surface area contributed by atoms with Crippen LogP contribution in [0, 0.1) is 11.3 Å². The summed E-state index contributed by atoms with van der Waals surface area (Å²) in [7, 11) is 0. The zero-order valence-corrected chi connectivity index (χ0v) is 9.02. The van der Waals surface area contributed by atoms with Crippen LogP contribution in [0.2, 0.25) is 0 Å². The number of rotatable bonds is 3. The maximum atomic E-state index is 9.77. The normalized spacial score (nSPS) is 15.8. The van der Waals surface area contributed by atoms with Crippen LogP contribution in [-0.2, 0) is 0 Å². The van der Waals surface area contributed by atoms with E-state index in [1.54, 1.807) is 0 Å². The van der Waals surface area contributed by atoms with Gasteiger partial charge in [-0.2, -0.15) is 0 Å². The molecule has 0 aromatic heterocycles. The lowest BCUT2D eigenvalue weighted by atomic mass is 9.78. The lowest BCUT2D eigenvalue weighted by molar-refractivity contribution is 0.0209. The molecule has 0 fully saturated rings. The maximum Gasteiger partial charge on any atom is 0.0654 e. The van der Waals surface area contributed by atoms with Crippen LogP contribution in [-0.4, -0.2) is 10.7 Å². The van der Waals surface area contributed by atoms with E-state index in [1.165, 1.54) is 0 Å². The first-order chi connectivity index (χ1) is 5.17. The molecule has 0 saturated heterocycles.